The van der Waals surface area contributed by atoms with Gasteiger partial charge in [-0.1, -0.05) is 11.6 Å². The van der Waals surface area contributed by atoms with Gasteiger partial charge in [-0.05, 0) is 31.2 Å². The SMILES string of the molecule is Cc1nc(Nc2ccc(F)c(Cl)c2)cc2cn(C)nc12. The molecule has 0 saturated carbocycles. The molecule has 0 aliphatic carbocycles. The van der Waals surface area contributed by atoms with E-state index in [1.165, 1.54) is 12.1 Å². The molecule has 0 bridgehead atoms. The van der Waals surface area contributed by atoms with Crippen molar-refractivity contribution in [2.45, 2.75) is 6.92 Å². The number of nitrogens with one attached hydrogen (secondary N) is 1. The molecule has 4 nitrogen and oxygen atoms in total. The van der Waals surface area contributed by atoms with Crippen LogP contribution in [0, 0.1) is 12.7 Å². The number of nitrogens with zero attached hydrogens (tertiary/aromatic N) is 3. The summed E-state index contributed by atoms with van der Waals surface area (Å²) in [5, 5.41) is 8.53. The summed E-state index contributed by atoms with van der Waals surface area (Å²) in [5.74, 6) is 0.231. The molecule has 0 spiro atoms. The highest BCUT2D eigenvalue weighted by molar-refractivity contribution is 6.31. The van der Waals surface area contributed by atoms with E-state index in [0.717, 1.165) is 16.6 Å². The van der Waals surface area contributed by atoms with Gasteiger partial charge in [-0.25, -0.2) is 9.37 Å². The van der Waals surface area contributed by atoms with Gasteiger partial charge in [0.2, 0.25) is 0 Å². The Morgan fingerprint density at radius 2 is 2.10 bits per heavy atom. The van der Waals surface area contributed by atoms with Crippen molar-refractivity contribution in [1.29, 1.82) is 0 Å². The van der Waals surface area contributed by atoms with Gasteiger partial charge in [-0.2, -0.15) is 5.10 Å². The number of benzene rings is 1. The second-order valence-electron chi connectivity index (χ2n) is 4.59. The van der Waals surface area contributed by atoms with Gasteiger partial charge in [-0.15, -0.1) is 0 Å². The number of rotatable bonds is 2. The molecule has 1 aromatic carbocycles. The summed E-state index contributed by atoms with van der Waals surface area (Å²) in [6.07, 6.45) is 1.92. The maximum absolute atomic E-state index is 13.1. The fourth-order valence-electron chi connectivity index (χ4n) is 2.09. The van der Waals surface area contributed by atoms with Gasteiger partial charge < -0.3 is 5.32 Å². The first-order valence-electron chi connectivity index (χ1n) is 6.06. The van der Waals surface area contributed by atoms with Crippen molar-refractivity contribution < 1.29 is 4.39 Å². The van der Waals surface area contributed by atoms with E-state index in [9.17, 15) is 4.39 Å². The smallest absolute Gasteiger partial charge is 0.141 e. The largest absolute Gasteiger partial charge is 0.340 e. The van der Waals surface area contributed by atoms with Crippen molar-refractivity contribution >= 4 is 34.0 Å². The zero-order chi connectivity index (χ0) is 14.3. The van der Waals surface area contributed by atoms with E-state index in [-0.39, 0.29) is 5.02 Å². The summed E-state index contributed by atoms with van der Waals surface area (Å²) in [4.78, 5) is 4.44. The maximum atomic E-state index is 13.1. The molecular formula is C14H12ClFN4. The van der Waals surface area contributed by atoms with Crippen molar-refractivity contribution in [1.82, 2.24) is 14.8 Å². The Morgan fingerprint density at radius 1 is 1.30 bits per heavy atom. The van der Waals surface area contributed by atoms with Gasteiger partial charge in [-0.3, -0.25) is 4.68 Å². The standard InChI is InChI=1S/C14H12ClFN4/c1-8-14-9(7-20(2)19-14)5-13(17-8)18-10-3-4-12(16)11(15)6-10/h3-7,18H,1-2H3. The van der Waals surface area contributed by atoms with Gasteiger partial charge in [0.25, 0.3) is 0 Å². The number of halogens is 2. The topological polar surface area (TPSA) is 42.7 Å². The number of pyridine rings is 1. The van der Waals surface area contributed by atoms with E-state index < -0.39 is 5.82 Å². The molecule has 3 aromatic rings. The molecule has 0 atom stereocenters. The van der Waals surface area contributed by atoms with Crippen molar-refractivity contribution in [3.05, 3.63) is 47.0 Å². The highest BCUT2D eigenvalue weighted by atomic mass is 35.5. The fourth-order valence-corrected chi connectivity index (χ4v) is 2.27. The normalized spacial score (nSPS) is 11.0. The van der Waals surface area contributed by atoms with Gasteiger partial charge in [0.1, 0.15) is 17.2 Å². The number of fused-ring (bicyclic) bond motifs is 1. The van der Waals surface area contributed by atoms with Gasteiger partial charge in [0.15, 0.2) is 0 Å². The molecule has 0 aliphatic rings. The van der Waals surface area contributed by atoms with Crippen molar-refractivity contribution in [2.75, 3.05) is 5.32 Å². The van der Waals surface area contributed by atoms with E-state index >= 15 is 0 Å². The molecule has 1 N–H and O–H groups in total. The number of aromatic nitrogens is 3. The molecule has 0 fully saturated rings. The third kappa shape index (κ3) is 2.32. The van der Waals surface area contributed by atoms with Crippen molar-refractivity contribution in [3.8, 4) is 0 Å². The van der Waals surface area contributed by atoms with Crippen LogP contribution >= 0.6 is 11.6 Å². The summed E-state index contributed by atoms with van der Waals surface area (Å²) < 4.78 is 14.9. The predicted octanol–water partition coefficient (Wildman–Crippen LogP) is 3.81. The van der Waals surface area contributed by atoms with Crippen LogP contribution in [0.2, 0.25) is 5.02 Å². The molecule has 2 aromatic heterocycles. The quantitative estimate of drug-likeness (QED) is 0.780. The molecule has 20 heavy (non-hydrogen) atoms. The average Bonchev–Trinajstić information content (AvgIpc) is 2.75. The lowest BCUT2D eigenvalue weighted by Gasteiger charge is -2.07. The first-order valence-corrected chi connectivity index (χ1v) is 6.44. The van der Waals surface area contributed by atoms with E-state index in [1.54, 1.807) is 10.7 Å². The Morgan fingerprint density at radius 3 is 2.85 bits per heavy atom. The zero-order valence-electron chi connectivity index (χ0n) is 11.0. The molecule has 0 unspecified atom stereocenters. The molecule has 6 heteroatoms. The van der Waals surface area contributed by atoms with Gasteiger partial charge in [0.05, 0.1) is 10.7 Å². The van der Waals surface area contributed by atoms with E-state index in [2.05, 4.69) is 15.4 Å². The molecule has 3 rings (SSSR count). The Bertz CT molecular complexity index is 797. The van der Waals surface area contributed by atoms with Crippen LogP contribution in [-0.4, -0.2) is 14.8 Å². The highest BCUT2D eigenvalue weighted by Gasteiger charge is 2.07. The number of anilines is 2. The van der Waals surface area contributed by atoms with Crippen LogP contribution < -0.4 is 5.32 Å². The minimum atomic E-state index is -0.441. The minimum Gasteiger partial charge on any atom is -0.340 e. The van der Waals surface area contributed by atoms with E-state index in [0.29, 0.717) is 11.5 Å². The molecule has 0 saturated heterocycles. The van der Waals surface area contributed by atoms with Crippen molar-refractivity contribution in [2.24, 2.45) is 7.05 Å². The number of hydrogen-bond donors (Lipinski definition) is 1. The number of aryl methyl sites for hydroxylation is 2. The third-order valence-electron chi connectivity index (χ3n) is 2.97. The molecule has 0 amide bonds. The van der Waals surface area contributed by atoms with Crippen LogP contribution in [0.15, 0.2) is 30.5 Å². The second-order valence-corrected chi connectivity index (χ2v) is 4.99. The molecule has 0 radical (unpaired) electrons. The van der Waals surface area contributed by atoms with Crippen LogP contribution in [0.5, 0.6) is 0 Å². The molecular weight excluding hydrogens is 279 g/mol. The molecule has 2 heterocycles. The second kappa shape index (κ2) is 4.76. The lowest BCUT2D eigenvalue weighted by atomic mass is 10.2. The van der Waals surface area contributed by atoms with E-state index in [4.69, 9.17) is 11.6 Å². The molecule has 102 valence electrons. The lowest BCUT2D eigenvalue weighted by Crippen LogP contribution is -1.96. The van der Waals surface area contributed by atoms with Gasteiger partial charge >= 0.3 is 0 Å². The zero-order valence-corrected chi connectivity index (χ0v) is 11.7. The van der Waals surface area contributed by atoms with Crippen LogP contribution in [0.25, 0.3) is 10.9 Å². The predicted molar refractivity (Wildman–Crippen MR) is 77.9 cm³/mol. The lowest BCUT2D eigenvalue weighted by molar-refractivity contribution is 0.628. The average molecular weight is 291 g/mol. The van der Waals surface area contributed by atoms with E-state index in [1.807, 2.05) is 26.2 Å². The summed E-state index contributed by atoms with van der Waals surface area (Å²) in [6, 6.07) is 6.36. The Labute approximate surface area is 120 Å². The first kappa shape index (κ1) is 12.9. The Kier molecular flexibility index (Phi) is 3.06. The summed E-state index contributed by atoms with van der Waals surface area (Å²) in [6.45, 7) is 1.90. The number of hydrogen-bond acceptors (Lipinski definition) is 3. The summed E-state index contributed by atoms with van der Waals surface area (Å²) in [7, 11) is 1.87. The minimum absolute atomic E-state index is 0.0779. The van der Waals surface area contributed by atoms with Crippen LogP contribution in [-0.2, 0) is 7.05 Å². The summed E-state index contributed by atoms with van der Waals surface area (Å²) >= 11 is 5.76. The summed E-state index contributed by atoms with van der Waals surface area (Å²) in [5.41, 5.74) is 2.39. The highest BCUT2D eigenvalue weighted by Crippen LogP contribution is 2.24. The van der Waals surface area contributed by atoms with Crippen molar-refractivity contribution in [3.63, 3.8) is 0 Å². The monoisotopic (exact) mass is 290 g/mol. The fraction of sp³-hybridized carbons (Fsp3) is 0.143. The maximum Gasteiger partial charge on any atom is 0.141 e. The first-order chi connectivity index (χ1) is 9.52. The van der Waals surface area contributed by atoms with Crippen LogP contribution in [0.3, 0.4) is 0 Å². The Balaban J connectivity index is 1.99. The molecule has 0 aliphatic heterocycles. The third-order valence-corrected chi connectivity index (χ3v) is 3.26. The van der Waals surface area contributed by atoms with Crippen LogP contribution in [0.4, 0.5) is 15.9 Å². The van der Waals surface area contributed by atoms with Crippen LogP contribution in [0.1, 0.15) is 5.69 Å². The van der Waals surface area contributed by atoms with Gasteiger partial charge in [0, 0.05) is 24.3 Å². The Hall–Kier alpha value is -2.14.